The van der Waals surface area contributed by atoms with E-state index >= 15 is 0 Å². The van der Waals surface area contributed by atoms with Crippen molar-refractivity contribution in [2.24, 2.45) is 5.73 Å². The minimum absolute atomic E-state index is 0.175. The summed E-state index contributed by atoms with van der Waals surface area (Å²) in [6.45, 7) is 4.03. The van der Waals surface area contributed by atoms with Crippen LogP contribution in [0.15, 0.2) is 24.3 Å². The Hall–Kier alpha value is -2.66. The van der Waals surface area contributed by atoms with Gasteiger partial charge in [0.15, 0.2) is 5.82 Å². The SMILES string of the molecule is CC1(C)S[C@@H]2[C@H](NC(=O)[C@H](N)c3ccc(N)cc3)C(=O)N2[C@H]1c1nn[nH]n1. The van der Waals surface area contributed by atoms with Crippen LogP contribution >= 0.6 is 11.8 Å². The summed E-state index contributed by atoms with van der Waals surface area (Å²) in [5, 5.41) is 16.7. The smallest absolute Gasteiger partial charge is 0.249 e. The number of thioether (sulfide) groups is 1. The number of hydrogen-bond donors (Lipinski definition) is 4. The molecule has 6 N–H and O–H groups in total. The van der Waals surface area contributed by atoms with E-state index in [2.05, 4.69) is 25.9 Å². The Bertz CT molecular complexity index is 869. The predicted octanol–water partition coefficient (Wildman–Crippen LogP) is -0.298. The molecule has 142 valence electrons. The number of carbonyl (C=O) groups excluding carboxylic acids is 2. The standard InChI is InChI=1S/C16H20N8O2S/c1-16(2)11(12-20-22-23-21-12)24-14(26)10(15(24)27-16)19-13(25)9(18)7-3-5-8(17)6-4-7/h3-6,9-11,15H,17-18H2,1-2H3,(H,19,25)(H,20,21,22,23)/t9-,10-,11+,15-/m1/s1. The number of nitrogens with two attached hydrogens (primary N) is 2. The third-order valence-corrected chi connectivity index (χ3v) is 6.49. The second kappa shape index (κ2) is 6.20. The summed E-state index contributed by atoms with van der Waals surface area (Å²) < 4.78 is -0.317. The number of tetrazole rings is 1. The zero-order valence-corrected chi connectivity index (χ0v) is 15.6. The maximum atomic E-state index is 12.7. The number of nitrogens with one attached hydrogen (secondary N) is 2. The highest BCUT2D eigenvalue weighted by Gasteiger charge is 2.63. The number of anilines is 1. The molecule has 4 rings (SSSR count). The molecule has 0 radical (unpaired) electrons. The zero-order valence-electron chi connectivity index (χ0n) is 14.8. The lowest BCUT2D eigenvalue weighted by Crippen LogP contribution is -2.68. The molecule has 2 saturated heterocycles. The van der Waals surface area contributed by atoms with Crippen LogP contribution in [0.2, 0.25) is 0 Å². The summed E-state index contributed by atoms with van der Waals surface area (Å²) in [4.78, 5) is 27.0. The summed E-state index contributed by atoms with van der Waals surface area (Å²) in [5.41, 5.74) is 12.9. The molecule has 4 atom stereocenters. The van der Waals surface area contributed by atoms with Crippen LogP contribution in [0.1, 0.15) is 37.3 Å². The molecule has 2 aromatic rings. The molecule has 2 fully saturated rings. The molecule has 0 aliphatic carbocycles. The van der Waals surface area contributed by atoms with Crippen molar-refractivity contribution in [2.45, 2.75) is 42.1 Å². The number of rotatable bonds is 4. The number of benzene rings is 1. The average molecular weight is 388 g/mol. The molecule has 10 nitrogen and oxygen atoms in total. The van der Waals surface area contributed by atoms with Gasteiger partial charge >= 0.3 is 0 Å². The number of H-pyrrole nitrogens is 1. The van der Waals surface area contributed by atoms with E-state index in [4.69, 9.17) is 11.5 Å². The number of amides is 2. The lowest BCUT2D eigenvalue weighted by atomic mass is 9.95. The molecule has 2 amide bonds. The maximum absolute atomic E-state index is 12.7. The fraction of sp³-hybridized carbons (Fsp3) is 0.438. The number of hydrogen-bond acceptors (Lipinski definition) is 8. The largest absolute Gasteiger partial charge is 0.399 e. The van der Waals surface area contributed by atoms with Crippen molar-refractivity contribution < 1.29 is 9.59 Å². The Morgan fingerprint density at radius 2 is 2.07 bits per heavy atom. The van der Waals surface area contributed by atoms with Crippen LogP contribution in [0.3, 0.4) is 0 Å². The molecule has 11 heteroatoms. The van der Waals surface area contributed by atoms with Gasteiger partial charge in [-0.2, -0.15) is 5.21 Å². The minimum Gasteiger partial charge on any atom is -0.399 e. The van der Waals surface area contributed by atoms with E-state index in [1.54, 1.807) is 40.9 Å². The van der Waals surface area contributed by atoms with Crippen molar-refractivity contribution in [1.29, 1.82) is 0 Å². The average Bonchev–Trinajstić information content (AvgIpc) is 3.23. The molecule has 0 saturated carbocycles. The fourth-order valence-corrected chi connectivity index (χ4v) is 5.18. The van der Waals surface area contributed by atoms with Gasteiger partial charge in [0.25, 0.3) is 0 Å². The molecule has 1 aromatic heterocycles. The van der Waals surface area contributed by atoms with E-state index < -0.39 is 18.0 Å². The van der Waals surface area contributed by atoms with Crippen molar-refractivity contribution in [2.75, 3.05) is 5.73 Å². The lowest BCUT2D eigenvalue weighted by Gasteiger charge is -2.44. The highest BCUT2D eigenvalue weighted by Crippen LogP contribution is 2.56. The van der Waals surface area contributed by atoms with Crippen LogP contribution in [-0.2, 0) is 9.59 Å². The van der Waals surface area contributed by atoms with Crippen molar-refractivity contribution in [1.82, 2.24) is 30.8 Å². The first-order chi connectivity index (χ1) is 12.8. The number of aromatic nitrogens is 4. The summed E-state index contributed by atoms with van der Waals surface area (Å²) in [6.07, 6.45) is 0. The molecule has 0 spiro atoms. The van der Waals surface area contributed by atoms with Gasteiger partial charge in [0.2, 0.25) is 11.8 Å². The predicted molar refractivity (Wildman–Crippen MR) is 98.9 cm³/mol. The molecule has 27 heavy (non-hydrogen) atoms. The van der Waals surface area contributed by atoms with Gasteiger partial charge in [0, 0.05) is 10.4 Å². The molecule has 1 aromatic carbocycles. The Balaban J connectivity index is 1.48. The highest BCUT2D eigenvalue weighted by molar-refractivity contribution is 8.01. The van der Waals surface area contributed by atoms with Crippen LogP contribution in [0.4, 0.5) is 5.69 Å². The molecular weight excluding hydrogens is 368 g/mol. The van der Waals surface area contributed by atoms with Gasteiger partial charge in [-0.3, -0.25) is 9.59 Å². The number of nitrogens with zero attached hydrogens (tertiary/aromatic N) is 4. The van der Waals surface area contributed by atoms with Crippen molar-refractivity contribution >= 4 is 29.3 Å². The van der Waals surface area contributed by atoms with E-state index in [0.29, 0.717) is 17.1 Å². The Morgan fingerprint density at radius 3 is 2.70 bits per heavy atom. The molecule has 2 aliphatic heterocycles. The first kappa shape index (κ1) is 17.7. The Morgan fingerprint density at radius 1 is 1.37 bits per heavy atom. The molecule has 0 bridgehead atoms. The third kappa shape index (κ3) is 2.82. The Labute approximate surface area is 159 Å². The van der Waals surface area contributed by atoms with Crippen LogP contribution in [0.25, 0.3) is 0 Å². The first-order valence-corrected chi connectivity index (χ1v) is 9.32. The maximum Gasteiger partial charge on any atom is 0.249 e. The van der Waals surface area contributed by atoms with Crippen molar-refractivity contribution in [3.05, 3.63) is 35.7 Å². The molecule has 2 aliphatic rings. The minimum atomic E-state index is -0.875. The number of nitrogen functional groups attached to an aromatic ring is 1. The second-order valence-corrected chi connectivity index (χ2v) is 8.93. The van der Waals surface area contributed by atoms with Crippen LogP contribution in [0, 0.1) is 0 Å². The number of β-lactam (4-membered cyclic amide) rings is 1. The number of aromatic amines is 1. The fourth-order valence-electron chi connectivity index (χ4n) is 3.55. The van der Waals surface area contributed by atoms with Crippen molar-refractivity contribution in [3.8, 4) is 0 Å². The van der Waals surface area contributed by atoms with E-state index in [9.17, 15) is 9.59 Å². The monoisotopic (exact) mass is 388 g/mol. The summed E-state index contributed by atoms with van der Waals surface area (Å²) >= 11 is 1.60. The molecule has 0 unspecified atom stereocenters. The van der Waals surface area contributed by atoms with Gasteiger partial charge < -0.3 is 21.7 Å². The third-order valence-electron chi connectivity index (χ3n) is 4.92. The van der Waals surface area contributed by atoms with E-state index in [1.165, 1.54) is 0 Å². The molecule has 3 heterocycles. The zero-order chi connectivity index (χ0) is 19.3. The molecular formula is C16H20N8O2S. The van der Waals surface area contributed by atoms with Gasteiger partial charge in [-0.15, -0.1) is 22.0 Å². The Kier molecular flexibility index (Phi) is 4.07. The number of fused-ring (bicyclic) bond motifs is 1. The van der Waals surface area contributed by atoms with E-state index in [-0.39, 0.29) is 22.1 Å². The second-order valence-electron chi connectivity index (χ2n) is 7.16. The quantitative estimate of drug-likeness (QED) is 0.411. The van der Waals surface area contributed by atoms with Crippen molar-refractivity contribution in [3.63, 3.8) is 0 Å². The highest BCUT2D eigenvalue weighted by atomic mass is 32.2. The van der Waals surface area contributed by atoms with Crippen LogP contribution in [-0.4, -0.2) is 53.5 Å². The van der Waals surface area contributed by atoms with Gasteiger partial charge in [0.1, 0.15) is 23.5 Å². The summed E-state index contributed by atoms with van der Waals surface area (Å²) in [7, 11) is 0. The number of carbonyl (C=O) groups is 2. The van der Waals surface area contributed by atoms with Gasteiger partial charge in [-0.25, -0.2) is 0 Å². The first-order valence-electron chi connectivity index (χ1n) is 8.44. The summed E-state index contributed by atoms with van der Waals surface area (Å²) in [5.74, 6) is -0.114. The van der Waals surface area contributed by atoms with Gasteiger partial charge in [-0.05, 0) is 31.5 Å². The van der Waals surface area contributed by atoms with Crippen LogP contribution < -0.4 is 16.8 Å². The van der Waals surface area contributed by atoms with Gasteiger partial charge in [-0.1, -0.05) is 17.3 Å². The van der Waals surface area contributed by atoms with E-state index in [0.717, 1.165) is 0 Å². The summed E-state index contributed by atoms with van der Waals surface area (Å²) in [6, 6.07) is 4.96. The van der Waals surface area contributed by atoms with Crippen LogP contribution in [0.5, 0.6) is 0 Å². The normalized spacial score (nSPS) is 27.0. The van der Waals surface area contributed by atoms with Gasteiger partial charge in [0.05, 0.1) is 0 Å². The lowest BCUT2D eigenvalue weighted by molar-refractivity contribution is -0.152. The van der Waals surface area contributed by atoms with E-state index in [1.807, 2.05) is 13.8 Å². The topological polar surface area (TPSA) is 156 Å².